The van der Waals surface area contributed by atoms with Crippen molar-refractivity contribution in [3.05, 3.63) is 43.0 Å². The van der Waals surface area contributed by atoms with Crippen molar-refractivity contribution < 1.29 is 12.6 Å². The summed E-state index contributed by atoms with van der Waals surface area (Å²) in [6, 6.07) is 5.27. The number of hydrogen-bond acceptors (Lipinski definition) is 9. The standard InChI is InChI=1S/C19H15N5O3S2.Na/c1-2-10-29(25,26)27-12-5-3-4-11-18(12)28-19-16-14(21-8-9-23-16)13-15(17(19)24-11)22-7-6-20-13;/h3-9,24H,2,10H2,1H3;. The fraction of sp³-hybridized carbons (Fsp3) is 0.158. The molecule has 1 aliphatic rings. The summed E-state index contributed by atoms with van der Waals surface area (Å²) in [7, 11) is -3.66. The van der Waals surface area contributed by atoms with E-state index in [0.717, 1.165) is 16.3 Å². The predicted molar refractivity (Wildman–Crippen MR) is 117 cm³/mol. The molecule has 0 fully saturated rings. The molecular weight excluding hydrogens is 433 g/mol. The van der Waals surface area contributed by atoms with Crippen LogP contribution in [0.4, 0.5) is 11.4 Å². The maximum atomic E-state index is 12.2. The summed E-state index contributed by atoms with van der Waals surface area (Å²) in [5.74, 6) is 0.246. The molecule has 0 unspecified atom stereocenters. The topological polar surface area (TPSA) is 107 Å². The molecule has 30 heavy (non-hydrogen) atoms. The Bertz CT molecular complexity index is 1380. The molecule has 0 spiro atoms. The van der Waals surface area contributed by atoms with Crippen LogP contribution in [0, 0.1) is 0 Å². The molecule has 0 amide bonds. The first-order valence-corrected chi connectivity index (χ1v) is 11.3. The van der Waals surface area contributed by atoms with Gasteiger partial charge in [-0.1, -0.05) is 24.8 Å². The van der Waals surface area contributed by atoms with Gasteiger partial charge in [0.2, 0.25) is 0 Å². The van der Waals surface area contributed by atoms with Crippen LogP contribution in [0.3, 0.4) is 0 Å². The van der Waals surface area contributed by atoms with Crippen molar-refractivity contribution >= 4 is 84.9 Å². The summed E-state index contributed by atoms with van der Waals surface area (Å²) in [4.78, 5) is 19.4. The van der Waals surface area contributed by atoms with E-state index in [1.54, 1.807) is 43.8 Å². The normalized spacial score (nSPS) is 12.6. The molecule has 0 aliphatic carbocycles. The SMILES string of the molecule is CCCS(=O)(=O)Oc1cccc2c1Sc1c(c3nccnc3c3nccnc13)N2.[Na]. The van der Waals surface area contributed by atoms with Gasteiger partial charge in [-0.3, -0.25) is 19.9 Å². The largest absolute Gasteiger partial charge is 0.381 e. The average molecular weight is 448 g/mol. The van der Waals surface area contributed by atoms with E-state index in [1.165, 1.54) is 11.8 Å². The van der Waals surface area contributed by atoms with Gasteiger partial charge in [0, 0.05) is 54.3 Å². The van der Waals surface area contributed by atoms with E-state index in [2.05, 4.69) is 25.3 Å². The predicted octanol–water partition coefficient (Wildman–Crippen LogP) is 3.52. The summed E-state index contributed by atoms with van der Waals surface area (Å²) in [5.41, 5.74) is 4.16. The second kappa shape index (κ2) is 8.27. The van der Waals surface area contributed by atoms with Gasteiger partial charge in [0.05, 0.1) is 26.9 Å². The van der Waals surface area contributed by atoms with Crippen LogP contribution >= 0.6 is 11.8 Å². The zero-order valence-corrected chi connectivity index (χ0v) is 19.9. The number of rotatable bonds is 4. The first kappa shape index (κ1) is 21.3. The second-order valence-electron chi connectivity index (χ2n) is 6.42. The van der Waals surface area contributed by atoms with Crippen molar-refractivity contribution in [1.82, 2.24) is 19.9 Å². The first-order chi connectivity index (χ1) is 14.1. The van der Waals surface area contributed by atoms with E-state index in [9.17, 15) is 8.42 Å². The molecule has 147 valence electrons. The van der Waals surface area contributed by atoms with Crippen LogP contribution in [0.2, 0.25) is 0 Å². The third kappa shape index (κ3) is 3.63. The number of anilines is 2. The van der Waals surface area contributed by atoms with E-state index in [0.29, 0.717) is 33.4 Å². The smallest absolute Gasteiger partial charge is 0.309 e. The van der Waals surface area contributed by atoms with E-state index < -0.39 is 10.1 Å². The van der Waals surface area contributed by atoms with Crippen molar-refractivity contribution in [2.24, 2.45) is 0 Å². The van der Waals surface area contributed by atoms with E-state index in [4.69, 9.17) is 4.18 Å². The fourth-order valence-electron chi connectivity index (χ4n) is 3.26. The first-order valence-electron chi connectivity index (χ1n) is 8.95. The molecule has 1 aliphatic heterocycles. The minimum atomic E-state index is -3.66. The molecule has 1 radical (unpaired) electrons. The van der Waals surface area contributed by atoms with Crippen molar-refractivity contribution in [2.75, 3.05) is 11.1 Å². The second-order valence-corrected chi connectivity index (χ2v) is 9.13. The van der Waals surface area contributed by atoms with Crippen LogP contribution in [-0.2, 0) is 10.1 Å². The Kier molecular flexibility index (Phi) is 5.86. The molecular formula is C19H15N5NaO3S2. The number of fused-ring (bicyclic) bond motifs is 7. The Balaban J connectivity index is 0.00000218. The Hall–Kier alpha value is -1.98. The summed E-state index contributed by atoms with van der Waals surface area (Å²) in [5, 5.41) is 3.37. The van der Waals surface area contributed by atoms with Gasteiger partial charge in [-0.2, -0.15) is 8.42 Å². The number of nitrogens with zero attached hydrogens (tertiary/aromatic N) is 4. The van der Waals surface area contributed by atoms with Crippen molar-refractivity contribution in [2.45, 2.75) is 23.1 Å². The molecule has 2 aromatic heterocycles. The number of hydrogen-bond donors (Lipinski definition) is 1. The number of nitrogens with one attached hydrogen (secondary N) is 1. The van der Waals surface area contributed by atoms with Crippen LogP contribution in [-0.4, -0.2) is 63.7 Å². The monoisotopic (exact) mass is 448 g/mol. The van der Waals surface area contributed by atoms with Crippen LogP contribution in [0.1, 0.15) is 13.3 Å². The van der Waals surface area contributed by atoms with Gasteiger partial charge >= 0.3 is 10.1 Å². The van der Waals surface area contributed by atoms with Gasteiger partial charge in [-0.25, -0.2) is 0 Å². The molecule has 8 nitrogen and oxygen atoms in total. The molecule has 2 aromatic carbocycles. The zero-order chi connectivity index (χ0) is 20.0. The van der Waals surface area contributed by atoms with Gasteiger partial charge in [0.1, 0.15) is 22.1 Å². The maximum absolute atomic E-state index is 12.2. The van der Waals surface area contributed by atoms with Crippen LogP contribution < -0.4 is 9.50 Å². The Morgan fingerprint density at radius 1 is 0.933 bits per heavy atom. The molecule has 0 saturated heterocycles. The van der Waals surface area contributed by atoms with Crippen molar-refractivity contribution in [3.63, 3.8) is 0 Å². The molecule has 0 atom stereocenters. The van der Waals surface area contributed by atoms with Crippen molar-refractivity contribution in [1.29, 1.82) is 0 Å². The number of aromatic nitrogens is 4. The number of benzene rings is 2. The van der Waals surface area contributed by atoms with Crippen LogP contribution in [0.5, 0.6) is 5.75 Å². The van der Waals surface area contributed by atoms with Gasteiger partial charge in [0.25, 0.3) is 0 Å². The molecule has 1 N–H and O–H groups in total. The summed E-state index contributed by atoms with van der Waals surface area (Å²) >= 11 is 1.39. The third-order valence-electron chi connectivity index (χ3n) is 4.41. The maximum Gasteiger partial charge on any atom is 0.309 e. The molecule has 0 bridgehead atoms. The van der Waals surface area contributed by atoms with Crippen molar-refractivity contribution in [3.8, 4) is 5.75 Å². The summed E-state index contributed by atoms with van der Waals surface area (Å²) in [6.07, 6.45) is 6.97. The van der Waals surface area contributed by atoms with E-state index in [1.807, 2.05) is 6.07 Å². The third-order valence-corrected chi connectivity index (χ3v) is 6.98. The summed E-state index contributed by atoms with van der Waals surface area (Å²) in [6.45, 7) is 1.80. The minimum Gasteiger partial charge on any atom is -0.381 e. The Morgan fingerprint density at radius 3 is 2.27 bits per heavy atom. The van der Waals surface area contributed by atoms with Crippen LogP contribution in [0.15, 0.2) is 52.8 Å². The van der Waals surface area contributed by atoms with Gasteiger partial charge in [0.15, 0.2) is 5.75 Å². The molecule has 11 heteroatoms. The molecule has 3 heterocycles. The van der Waals surface area contributed by atoms with Gasteiger partial charge < -0.3 is 9.50 Å². The minimum absolute atomic E-state index is 0. The average Bonchev–Trinajstić information content (AvgIpc) is 2.73. The molecule has 4 aromatic rings. The zero-order valence-electron chi connectivity index (χ0n) is 16.3. The molecule has 5 rings (SSSR count). The van der Waals surface area contributed by atoms with Gasteiger partial charge in [-0.05, 0) is 18.6 Å². The van der Waals surface area contributed by atoms with Gasteiger partial charge in [-0.15, -0.1) is 0 Å². The van der Waals surface area contributed by atoms with E-state index >= 15 is 0 Å². The summed E-state index contributed by atoms with van der Waals surface area (Å²) < 4.78 is 29.9. The quantitative estimate of drug-likeness (QED) is 0.251. The fourth-order valence-corrected chi connectivity index (χ4v) is 5.45. The van der Waals surface area contributed by atoms with Crippen LogP contribution in [0.25, 0.3) is 22.1 Å². The Morgan fingerprint density at radius 2 is 1.57 bits per heavy atom. The Labute approximate surface area is 199 Å². The van der Waals surface area contributed by atoms with E-state index in [-0.39, 0.29) is 41.1 Å². The molecule has 0 saturated carbocycles.